The number of nitrogens with zero attached hydrogens (tertiary/aromatic N) is 2. The lowest BCUT2D eigenvalue weighted by molar-refractivity contribution is 0.203. The van der Waals surface area contributed by atoms with Crippen LogP contribution >= 0.6 is 0 Å². The first-order valence-corrected chi connectivity index (χ1v) is 6.63. The van der Waals surface area contributed by atoms with E-state index in [1.54, 1.807) is 6.20 Å². The van der Waals surface area contributed by atoms with Gasteiger partial charge < -0.3 is 10.0 Å². The van der Waals surface area contributed by atoms with Gasteiger partial charge in [-0.3, -0.25) is 4.98 Å². The SMILES string of the molecule is OCC(CN1CCCCCC1)c1cccnc1. The van der Waals surface area contributed by atoms with Crippen molar-refractivity contribution >= 4 is 0 Å². The Morgan fingerprint density at radius 3 is 2.59 bits per heavy atom. The first kappa shape index (κ1) is 12.5. The van der Waals surface area contributed by atoms with Gasteiger partial charge in [-0.1, -0.05) is 18.9 Å². The van der Waals surface area contributed by atoms with E-state index in [0.717, 1.165) is 12.1 Å². The fourth-order valence-corrected chi connectivity index (χ4v) is 2.52. The van der Waals surface area contributed by atoms with Crippen molar-refractivity contribution in [2.45, 2.75) is 31.6 Å². The average molecular weight is 234 g/mol. The highest BCUT2D eigenvalue weighted by atomic mass is 16.3. The highest BCUT2D eigenvalue weighted by molar-refractivity contribution is 5.15. The molecule has 0 bridgehead atoms. The van der Waals surface area contributed by atoms with Crippen LogP contribution in [0.5, 0.6) is 0 Å². The molecular weight excluding hydrogens is 212 g/mol. The zero-order valence-electron chi connectivity index (χ0n) is 10.4. The number of likely N-dealkylation sites (tertiary alicyclic amines) is 1. The topological polar surface area (TPSA) is 36.4 Å². The first-order chi connectivity index (χ1) is 8.40. The van der Waals surface area contributed by atoms with Gasteiger partial charge in [0, 0.05) is 24.9 Å². The van der Waals surface area contributed by atoms with Crippen molar-refractivity contribution in [3.8, 4) is 0 Å². The molecule has 0 amide bonds. The molecule has 2 rings (SSSR count). The molecule has 1 aliphatic heterocycles. The molecule has 1 atom stereocenters. The predicted octanol–water partition coefficient (Wildman–Crippen LogP) is 2.03. The Morgan fingerprint density at radius 2 is 2.00 bits per heavy atom. The normalized spacial score (nSPS) is 19.8. The first-order valence-electron chi connectivity index (χ1n) is 6.63. The Labute approximate surface area is 103 Å². The molecule has 0 aliphatic carbocycles. The van der Waals surface area contributed by atoms with Crippen LogP contribution in [-0.4, -0.2) is 41.2 Å². The molecule has 3 nitrogen and oxygen atoms in total. The second-order valence-corrected chi connectivity index (χ2v) is 4.88. The summed E-state index contributed by atoms with van der Waals surface area (Å²) in [6.07, 6.45) is 8.96. The predicted molar refractivity (Wildman–Crippen MR) is 69.0 cm³/mol. The van der Waals surface area contributed by atoms with Gasteiger partial charge in [0.2, 0.25) is 0 Å². The number of aliphatic hydroxyl groups is 1. The summed E-state index contributed by atoms with van der Waals surface area (Å²) < 4.78 is 0. The van der Waals surface area contributed by atoms with Gasteiger partial charge in [-0.05, 0) is 37.6 Å². The Balaban J connectivity index is 1.94. The highest BCUT2D eigenvalue weighted by Gasteiger charge is 2.16. The lowest BCUT2D eigenvalue weighted by Crippen LogP contribution is -2.31. The molecule has 3 heteroatoms. The second kappa shape index (κ2) is 6.72. The van der Waals surface area contributed by atoms with Crippen LogP contribution in [0.15, 0.2) is 24.5 Å². The molecular formula is C14H22N2O. The van der Waals surface area contributed by atoms with Crippen molar-refractivity contribution in [2.24, 2.45) is 0 Å². The van der Waals surface area contributed by atoms with Crippen LogP contribution in [0.25, 0.3) is 0 Å². The minimum Gasteiger partial charge on any atom is -0.396 e. The lowest BCUT2D eigenvalue weighted by atomic mass is 10.0. The quantitative estimate of drug-likeness (QED) is 0.866. The van der Waals surface area contributed by atoms with Crippen LogP contribution in [0.4, 0.5) is 0 Å². The van der Waals surface area contributed by atoms with Gasteiger partial charge in [0.1, 0.15) is 0 Å². The van der Waals surface area contributed by atoms with Crippen LogP contribution in [0.1, 0.15) is 37.2 Å². The average Bonchev–Trinajstić information content (AvgIpc) is 2.65. The molecule has 2 heterocycles. The summed E-state index contributed by atoms with van der Waals surface area (Å²) in [5.74, 6) is 0.210. The maximum Gasteiger partial charge on any atom is 0.0512 e. The Kier molecular flexibility index (Phi) is 4.95. The van der Waals surface area contributed by atoms with E-state index in [4.69, 9.17) is 0 Å². The zero-order valence-corrected chi connectivity index (χ0v) is 10.4. The van der Waals surface area contributed by atoms with Crippen LogP contribution in [-0.2, 0) is 0 Å². The summed E-state index contributed by atoms with van der Waals surface area (Å²) in [4.78, 5) is 6.62. The third-order valence-corrected chi connectivity index (χ3v) is 3.55. The number of aliphatic hydroxyl groups excluding tert-OH is 1. The fourth-order valence-electron chi connectivity index (χ4n) is 2.52. The van der Waals surface area contributed by atoms with Gasteiger partial charge in [-0.15, -0.1) is 0 Å². The van der Waals surface area contributed by atoms with Gasteiger partial charge in [-0.25, -0.2) is 0 Å². The maximum absolute atomic E-state index is 9.53. The molecule has 94 valence electrons. The van der Waals surface area contributed by atoms with Crippen molar-refractivity contribution in [1.29, 1.82) is 0 Å². The van der Waals surface area contributed by atoms with Gasteiger partial charge in [-0.2, -0.15) is 0 Å². The summed E-state index contributed by atoms with van der Waals surface area (Å²) in [6.45, 7) is 3.53. The monoisotopic (exact) mass is 234 g/mol. The second-order valence-electron chi connectivity index (χ2n) is 4.88. The maximum atomic E-state index is 9.53. The van der Waals surface area contributed by atoms with Crippen molar-refractivity contribution in [3.05, 3.63) is 30.1 Å². The van der Waals surface area contributed by atoms with Gasteiger partial charge in [0.05, 0.1) is 6.61 Å². The smallest absolute Gasteiger partial charge is 0.0512 e. The number of aromatic nitrogens is 1. The third-order valence-electron chi connectivity index (χ3n) is 3.55. The standard InChI is InChI=1S/C14H22N2O/c17-12-14(13-6-5-7-15-10-13)11-16-8-3-1-2-4-9-16/h5-7,10,14,17H,1-4,8-9,11-12H2. The summed E-state index contributed by atoms with van der Waals surface area (Å²) in [7, 11) is 0. The van der Waals surface area contributed by atoms with E-state index in [9.17, 15) is 5.11 Å². The van der Waals surface area contributed by atoms with E-state index in [1.807, 2.05) is 12.3 Å². The number of hydrogen-bond donors (Lipinski definition) is 1. The zero-order chi connectivity index (χ0) is 11.9. The number of rotatable bonds is 4. The van der Waals surface area contributed by atoms with Gasteiger partial charge in [0.25, 0.3) is 0 Å². The van der Waals surface area contributed by atoms with Crippen LogP contribution < -0.4 is 0 Å². The van der Waals surface area contributed by atoms with Gasteiger partial charge >= 0.3 is 0 Å². The molecule has 1 aromatic rings. The highest BCUT2D eigenvalue weighted by Crippen LogP contribution is 2.18. The minimum absolute atomic E-state index is 0.210. The molecule has 0 radical (unpaired) electrons. The van der Waals surface area contributed by atoms with Crippen molar-refractivity contribution < 1.29 is 5.11 Å². The van der Waals surface area contributed by atoms with Crippen molar-refractivity contribution in [3.63, 3.8) is 0 Å². The Bertz CT molecular complexity index is 307. The van der Waals surface area contributed by atoms with E-state index >= 15 is 0 Å². The van der Waals surface area contributed by atoms with Crippen LogP contribution in [0, 0.1) is 0 Å². The van der Waals surface area contributed by atoms with Crippen LogP contribution in [0.2, 0.25) is 0 Å². The molecule has 1 aliphatic rings. The molecule has 0 spiro atoms. The summed E-state index contributed by atoms with van der Waals surface area (Å²) >= 11 is 0. The van der Waals surface area contributed by atoms with Crippen LogP contribution in [0.3, 0.4) is 0 Å². The van der Waals surface area contributed by atoms with E-state index < -0.39 is 0 Å². The summed E-state index contributed by atoms with van der Waals surface area (Å²) in [6, 6.07) is 4.01. The molecule has 0 saturated carbocycles. The molecule has 1 saturated heterocycles. The largest absolute Gasteiger partial charge is 0.396 e. The van der Waals surface area contributed by atoms with E-state index in [1.165, 1.54) is 38.8 Å². The number of hydrogen-bond acceptors (Lipinski definition) is 3. The molecule has 1 fully saturated rings. The summed E-state index contributed by atoms with van der Waals surface area (Å²) in [5, 5.41) is 9.53. The van der Waals surface area contributed by atoms with E-state index in [2.05, 4.69) is 16.0 Å². The van der Waals surface area contributed by atoms with E-state index in [0.29, 0.717) is 0 Å². The molecule has 1 unspecified atom stereocenters. The Morgan fingerprint density at radius 1 is 1.24 bits per heavy atom. The third kappa shape index (κ3) is 3.79. The van der Waals surface area contributed by atoms with Gasteiger partial charge in [0.15, 0.2) is 0 Å². The van der Waals surface area contributed by atoms with Crippen molar-refractivity contribution in [1.82, 2.24) is 9.88 Å². The number of pyridine rings is 1. The molecule has 17 heavy (non-hydrogen) atoms. The molecule has 0 aromatic carbocycles. The van der Waals surface area contributed by atoms with Crippen molar-refractivity contribution in [2.75, 3.05) is 26.2 Å². The molecule has 1 N–H and O–H groups in total. The Hall–Kier alpha value is -0.930. The van der Waals surface area contributed by atoms with E-state index in [-0.39, 0.29) is 12.5 Å². The minimum atomic E-state index is 0.210. The molecule has 1 aromatic heterocycles. The fraction of sp³-hybridized carbons (Fsp3) is 0.643. The summed E-state index contributed by atoms with van der Waals surface area (Å²) in [5.41, 5.74) is 1.15. The lowest BCUT2D eigenvalue weighted by Gasteiger charge is -2.25.